The highest BCUT2D eigenvalue weighted by Gasteiger charge is 2.56. The average Bonchev–Trinajstić information content (AvgIpc) is 3.29. The molecule has 0 radical (unpaired) electrons. The standard InChI is InChI=1S/C16H17NO5S2/c1-21-11-4-5-12-13(7-11)22-16-10(9-18)8-17(15(12)16)24(19,20)14-3-2-6-23-14/h2-7,10,15-16,18H,8-9H2,1H3/t10-,15-,16-/m0/s1. The van der Waals surface area contributed by atoms with Crippen molar-refractivity contribution in [2.24, 2.45) is 5.92 Å². The minimum atomic E-state index is -3.62. The maximum atomic E-state index is 13.0. The number of benzene rings is 1. The lowest BCUT2D eigenvalue weighted by atomic mass is 9.99. The number of hydrogen-bond donors (Lipinski definition) is 1. The van der Waals surface area contributed by atoms with E-state index in [4.69, 9.17) is 9.47 Å². The van der Waals surface area contributed by atoms with Gasteiger partial charge in [0.2, 0.25) is 4.21 Å². The maximum absolute atomic E-state index is 13.0. The third kappa shape index (κ3) is 2.29. The number of hydrogen-bond acceptors (Lipinski definition) is 6. The fraction of sp³-hybridized carbons (Fsp3) is 0.375. The second-order valence-corrected chi connectivity index (χ2v) is 8.95. The van der Waals surface area contributed by atoms with E-state index < -0.39 is 16.4 Å². The van der Waals surface area contributed by atoms with Crippen molar-refractivity contribution < 1.29 is 23.3 Å². The SMILES string of the molecule is COc1ccc2c(c1)O[C@H]1[C@H](CO)CN([S+](=O)([O-])c3cccs3)[C@@H]21. The summed E-state index contributed by atoms with van der Waals surface area (Å²) in [5.41, 5.74) is 0.817. The van der Waals surface area contributed by atoms with E-state index in [1.807, 2.05) is 6.07 Å². The quantitative estimate of drug-likeness (QED) is 0.837. The highest BCUT2D eigenvalue weighted by atomic mass is 32.3. The summed E-state index contributed by atoms with van der Waals surface area (Å²) in [5, 5.41) is 11.4. The van der Waals surface area contributed by atoms with Crippen molar-refractivity contribution in [1.82, 2.24) is 4.31 Å². The molecule has 2 aromatic rings. The highest BCUT2D eigenvalue weighted by Crippen LogP contribution is 2.51. The van der Waals surface area contributed by atoms with E-state index in [1.54, 1.807) is 36.8 Å². The van der Waals surface area contributed by atoms with Crippen LogP contribution in [0, 0.1) is 5.92 Å². The second kappa shape index (κ2) is 5.82. The summed E-state index contributed by atoms with van der Waals surface area (Å²) in [6, 6.07) is 8.31. The number of fused-ring (bicyclic) bond motifs is 3. The van der Waals surface area contributed by atoms with Crippen LogP contribution in [0.1, 0.15) is 11.6 Å². The van der Waals surface area contributed by atoms with Gasteiger partial charge in [0, 0.05) is 23.6 Å². The first kappa shape index (κ1) is 16.0. The molecule has 6 nitrogen and oxygen atoms in total. The molecule has 2 aliphatic rings. The van der Waals surface area contributed by atoms with E-state index in [0.29, 0.717) is 15.7 Å². The summed E-state index contributed by atoms with van der Waals surface area (Å²) in [5.74, 6) is 1.01. The van der Waals surface area contributed by atoms with Gasteiger partial charge in [-0.05, 0) is 23.6 Å². The third-order valence-corrected chi connectivity index (χ3v) is 7.82. The molecule has 0 amide bonds. The van der Waals surface area contributed by atoms with Crippen LogP contribution < -0.4 is 9.47 Å². The van der Waals surface area contributed by atoms with Crippen molar-refractivity contribution in [2.75, 3.05) is 20.3 Å². The number of rotatable bonds is 4. The third-order valence-electron chi connectivity index (χ3n) is 4.60. The first-order chi connectivity index (χ1) is 11.6. The van der Waals surface area contributed by atoms with Gasteiger partial charge < -0.3 is 19.1 Å². The highest BCUT2D eigenvalue weighted by molar-refractivity contribution is 7.97. The number of aliphatic hydroxyl groups is 1. The fourth-order valence-electron chi connectivity index (χ4n) is 3.43. The van der Waals surface area contributed by atoms with E-state index in [-0.39, 0.29) is 25.2 Å². The number of aliphatic hydroxyl groups excluding tert-OH is 1. The van der Waals surface area contributed by atoms with Crippen LogP contribution in [0.4, 0.5) is 0 Å². The number of nitrogens with zero attached hydrogens (tertiary/aromatic N) is 1. The number of ether oxygens (including phenoxy) is 2. The van der Waals surface area contributed by atoms with Gasteiger partial charge in [0.15, 0.2) is 10.4 Å². The Bertz CT molecular complexity index is 794. The van der Waals surface area contributed by atoms with Gasteiger partial charge in [-0.15, -0.1) is 4.31 Å². The van der Waals surface area contributed by atoms with Gasteiger partial charge in [-0.25, -0.2) is 0 Å². The molecule has 4 atom stereocenters. The molecule has 1 aromatic carbocycles. The molecule has 1 N–H and O–H groups in total. The van der Waals surface area contributed by atoms with E-state index in [0.717, 1.165) is 5.56 Å². The van der Waals surface area contributed by atoms with Crippen molar-refractivity contribution in [3.05, 3.63) is 41.3 Å². The molecule has 1 aromatic heterocycles. The predicted molar refractivity (Wildman–Crippen MR) is 88.8 cm³/mol. The molecule has 8 heteroatoms. The van der Waals surface area contributed by atoms with Gasteiger partial charge in [0.05, 0.1) is 20.3 Å². The largest absolute Gasteiger partial charge is 0.592 e. The molecule has 1 saturated heterocycles. The number of thiophene rings is 1. The smallest absolute Gasteiger partial charge is 0.229 e. The van der Waals surface area contributed by atoms with Crippen LogP contribution in [0.15, 0.2) is 39.9 Å². The van der Waals surface area contributed by atoms with Crippen molar-refractivity contribution in [1.29, 1.82) is 0 Å². The Morgan fingerprint density at radius 3 is 3.00 bits per heavy atom. The van der Waals surface area contributed by atoms with E-state index in [9.17, 15) is 13.9 Å². The van der Waals surface area contributed by atoms with Crippen molar-refractivity contribution >= 4 is 21.7 Å². The zero-order valence-electron chi connectivity index (χ0n) is 13.0. The Labute approximate surface area is 145 Å². The lowest BCUT2D eigenvalue weighted by molar-refractivity contribution is 0.121. The van der Waals surface area contributed by atoms with Crippen LogP contribution in [0.2, 0.25) is 0 Å². The lowest BCUT2D eigenvalue weighted by Gasteiger charge is -2.26. The Kier molecular flexibility index (Phi) is 3.89. The zero-order valence-corrected chi connectivity index (χ0v) is 14.6. The zero-order chi connectivity index (χ0) is 16.9. The summed E-state index contributed by atoms with van der Waals surface area (Å²) >= 11 is 1.19. The summed E-state index contributed by atoms with van der Waals surface area (Å²) in [6.45, 7) is 0.125. The molecule has 2 aliphatic heterocycles. The molecule has 1 fully saturated rings. The van der Waals surface area contributed by atoms with Crippen LogP contribution in [0.3, 0.4) is 0 Å². The van der Waals surface area contributed by atoms with Crippen molar-refractivity contribution in [2.45, 2.75) is 16.4 Å². The van der Waals surface area contributed by atoms with Gasteiger partial charge in [-0.1, -0.05) is 15.5 Å². The molecular weight excluding hydrogens is 350 g/mol. The molecular formula is C16H17NO5S2. The molecule has 24 heavy (non-hydrogen) atoms. The van der Waals surface area contributed by atoms with E-state index in [1.165, 1.54) is 15.6 Å². The first-order valence-electron chi connectivity index (χ1n) is 7.57. The van der Waals surface area contributed by atoms with Crippen molar-refractivity contribution in [3.8, 4) is 11.5 Å². The first-order valence-corrected chi connectivity index (χ1v) is 9.89. The van der Waals surface area contributed by atoms with Crippen molar-refractivity contribution in [3.63, 3.8) is 0 Å². The summed E-state index contributed by atoms with van der Waals surface area (Å²) in [4.78, 5) is 0. The molecule has 0 saturated carbocycles. The van der Waals surface area contributed by atoms with Crippen LogP contribution in [0.5, 0.6) is 11.5 Å². The van der Waals surface area contributed by atoms with Gasteiger partial charge in [0.1, 0.15) is 23.6 Å². The summed E-state index contributed by atoms with van der Waals surface area (Å²) in [7, 11) is -2.05. The number of sulfonamides is 1. The Balaban J connectivity index is 1.77. The van der Waals surface area contributed by atoms with Gasteiger partial charge in [0.25, 0.3) is 0 Å². The van der Waals surface area contributed by atoms with Crippen LogP contribution >= 0.6 is 11.3 Å². The maximum Gasteiger partial charge on any atom is 0.229 e. The number of methoxy groups -OCH3 is 1. The van der Waals surface area contributed by atoms with Gasteiger partial charge >= 0.3 is 0 Å². The predicted octanol–water partition coefficient (Wildman–Crippen LogP) is 2.09. The molecule has 128 valence electrons. The van der Waals surface area contributed by atoms with Crippen LogP contribution in [-0.2, 0) is 14.6 Å². The molecule has 4 rings (SSSR count). The molecule has 1 unspecified atom stereocenters. The summed E-state index contributed by atoms with van der Waals surface area (Å²) < 4.78 is 39.0. The fourth-order valence-corrected chi connectivity index (χ4v) is 6.22. The summed E-state index contributed by atoms with van der Waals surface area (Å²) in [6.07, 6.45) is -0.383. The van der Waals surface area contributed by atoms with Crippen LogP contribution in [0.25, 0.3) is 0 Å². The molecule has 0 spiro atoms. The van der Waals surface area contributed by atoms with Crippen LogP contribution in [-0.4, -0.2) is 40.3 Å². The normalized spacial score (nSPS) is 28.0. The van der Waals surface area contributed by atoms with E-state index in [2.05, 4.69) is 0 Å². The molecule has 0 bridgehead atoms. The Morgan fingerprint density at radius 2 is 2.33 bits per heavy atom. The lowest BCUT2D eigenvalue weighted by Crippen LogP contribution is -2.36. The Morgan fingerprint density at radius 1 is 1.50 bits per heavy atom. The monoisotopic (exact) mass is 367 g/mol. The minimum Gasteiger partial charge on any atom is -0.592 e. The molecule has 3 heterocycles. The van der Waals surface area contributed by atoms with E-state index >= 15 is 0 Å². The average molecular weight is 367 g/mol. The topological polar surface area (TPSA) is 82.1 Å². The Hall–Kier alpha value is -1.45. The second-order valence-electron chi connectivity index (χ2n) is 5.88. The minimum absolute atomic E-state index is 0.122. The molecule has 0 aliphatic carbocycles. The van der Waals surface area contributed by atoms with Gasteiger partial charge in [-0.2, -0.15) is 0 Å². The van der Waals surface area contributed by atoms with Gasteiger partial charge in [-0.3, -0.25) is 0 Å².